The zero-order valence-electron chi connectivity index (χ0n) is 12.5. The zero-order chi connectivity index (χ0) is 14.9. The molecular weight excluding hydrogens is 304 g/mol. The van der Waals surface area contributed by atoms with Crippen molar-refractivity contribution in [2.75, 3.05) is 13.1 Å². The Morgan fingerprint density at radius 3 is 2.73 bits per heavy atom. The van der Waals surface area contributed by atoms with Crippen molar-refractivity contribution in [1.29, 1.82) is 0 Å². The predicted molar refractivity (Wildman–Crippen MR) is 84.4 cm³/mol. The van der Waals surface area contributed by atoms with Gasteiger partial charge in [0.1, 0.15) is 0 Å². The number of aliphatic hydroxyl groups excluding tert-OH is 1. The number of aromatic nitrogens is 2. The van der Waals surface area contributed by atoms with Gasteiger partial charge in [0.2, 0.25) is 5.91 Å². The van der Waals surface area contributed by atoms with Crippen LogP contribution in [-0.2, 0) is 11.2 Å². The van der Waals surface area contributed by atoms with Crippen LogP contribution in [0.15, 0.2) is 18.6 Å². The molecule has 0 spiro atoms. The Hall–Kier alpha value is -1.24. The van der Waals surface area contributed by atoms with Crippen molar-refractivity contribution in [3.05, 3.63) is 24.3 Å². The monoisotopic (exact) mass is 326 g/mol. The van der Waals surface area contributed by atoms with E-state index in [1.165, 1.54) is 0 Å². The summed E-state index contributed by atoms with van der Waals surface area (Å²) in [4.78, 5) is 22.6. The first kappa shape index (κ1) is 17.1. The molecule has 122 valence electrons. The molecule has 7 heteroatoms. The third kappa shape index (κ3) is 3.39. The standard InChI is InChI=1S/C15H22N4O2.ClH/c16-15(3-1-2-4-15)14(21)19-9-11(13(20)10-19)7-12-8-17-5-6-18-12;/h5-6,8,11,13,20H,1-4,7,9-10,16H2;1H/t11-,13-;/m1./s1. The van der Waals surface area contributed by atoms with Crippen LogP contribution in [0, 0.1) is 5.92 Å². The van der Waals surface area contributed by atoms with Crippen LogP contribution in [0.4, 0.5) is 0 Å². The van der Waals surface area contributed by atoms with Gasteiger partial charge in [-0.15, -0.1) is 12.4 Å². The number of hydrogen-bond acceptors (Lipinski definition) is 5. The van der Waals surface area contributed by atoms with Crippen molar-refractivity contribution in [3.63, 3.8) is 0 Å². The second-order valence-electron chi connectivity index (χ2n) is 6.30. The average molecular weight is 327 g/mol. The fraction of sp³-hybridized carbons (Fsp3) is 0.667. The summed E-state index contributed by atoms with van der Waals surface area (Å²) in [5.74, 6) is 0.0105. The summed E-state index contributed by atoms with van der Waals surface area (Å²) in [5, 5.41) is 10.2. The zero-order valence-corrected chi connectivity index (χ0v) is 13.3. The van der Waals surface area contributed by atoms with E-state index in [9.17, 15) is 9.90 Å². The molecule has 1 saturated heterocycles. The van der Waals surface area contributed by atoms with Crippen LogP contribution < -0.4 is 5.73 Å². The molecular formula is C15H23ClN4O2. The highest BCUT2D eigenvalue weighted by Gasteiger charge is 2.44. The van der Waals surface area contributed by atoms with Gasteiger partial charge in [0.05, 0.1) is 17.3 Å². The first-order chi connectivity index (χ1) is 10.1. The van der Waals surface area contributed by atoms with Crippen LogP contribution in [0.1, 0.15) is 31.4 Å². The maximum atomic E-state index is 12.6. The van der Waals surface area contributed by atoms with Crippen molar-refractivity contribution in [2.45, 2.75) is 43.7 Å². The minimum Gasteiger partial charge on any atom is -0.391 e. The maximum Gasteiger partial charge on any atom is 0.242 e. The summed E-state index contributed by atoms with van der Waals surface area (Å²) in [5.41, 5.74) is 6.37. The van der Waals surface area contributed by atoms with Crippen molar-refractivity contribution in [3.8, 4) is 0 Å². The molecule has 22 heavy (non-hydrogen) atoms. The quantitative estimate of drug-likeness (QED) is 0.845. The average Bonchev–Trinajstić information content (AvgIpc) is 3.07. The summed E-state index contributed by atoms with van der Waals surface area (Å²) in [6, 6.07) is 0. The topological polar surface area (TPSA) is 92.3 Å². The number of nitrogens with two attached hydrogens (primary N) is 1. The second-order valence-corrected chi connectivity index (χ2v) is 6.30. The highest BCUT2D eigenvalue weighted by atomic mass is 35.5. The van der Waals surface area contributed by atoms with Crippen LogP contribution >= 0.6 is 12.4 Å². The Balaban J connectivity index is 0.00000176. The minimum absolute atomic E-state index is 0. The summed E-state index contributed by atoms with van der Waals surface area (Å²) < 4.78 is 0. The van der Waals surface area contributed by atoms with E-state index in [-0.39, 0.29) is 24.2 Å². The number of aliphatic hydroxyl groups is 1. The molecule has 1 aromatic heterocycles. The molecule has 0 aromatic carbocycles. The molecule has 2 fully saturated rings. The predicted octanol–water partition coefficient (Wildman–Crippen LogP) is 0.532. The van der Waals surface area contributed by atoms with Crippen molar-refractivity contribution < 1.29 is 9.90 Å². The molecule has 2 atom stereocenters. The van der Waals surface area contributed by atoms with Gasteiger partial charge in [-0.05, 0) is 19.3 Å². The van der Waals surface area contributed by atoms with Gasteiger partial charge in [0.25, 0.3) is 0 Å². The number of amides is 1. The molecule has 0 bridgehead atoms. The Labute approximate surface area is 136 Å². The summed E-state index contributed by atoms with van der Waals surface area (Å²) in [6.45, 7) is 0.929. The number of nitrogens with zero attached hydrogens (tertiary/aromatic N) is 3. The molecule has 3 N–H and O–H groups in total. The van der Waals surface area contributed by atoms with Gasteiger partial charge in [-0.2, -0.15) is 0 Å². The molecule has 2 aliphatic rings. The lowest BCUT2D eigenvalue weighted by Crippen LogP contribution is -2.53. The van der Waals surface area contributed by atoms with E-state index in [0.29, 0.717) is 19.5 Å². The number of carbonyl (C=O) groups excluding carboxylic acids is 1. The number of hydrogen-bond donors (Lipinski definition) is 2. The lowest BCUT2D eigenvalue weighted by molar-refractivity contribution is -0.136. The van der Waals surface area contributed by atoms with Crippen LogP contribution in [0.3, 0.4) is 0 Å². The van der Waals surface area contributed by atoms with E-state index in [1.54, 1.807) is 23.5 Å². The number of carbonyl (C=O) groups is 1. The van der Waals surface area contributed by atoms with Crippen LogP contribution in [0.2, 0.25) is 0 Å². The van der Waals surface area contributed by atoms with E-state index in [0.717, 1.165) is 31.4 Å². The van der Waals surface area contributed by atoms with E-state index < -0.39 is 11.6 Å². The van der Waals surface area contributed by atoms with Gasteiger partial charge in [-0.25, -0.2) is 0 Å². The largest absolute Gasteiger partial charge is 0.391 e. The fourth-order valence-electron chi connectivity index (χ4n) is 3.46. The molecule has 1 saturated carbocycles. The molecule has 3 rings (SSSR count). The second kappa shape index (κ2) is 6.89. The van der Waals surface area contributed by atoms with E-state index >= 15 is 0 Å². The van der Waals surface area contributed by atoms with Crippen LogP contribution in [0.25, 0.3) is 0 Å². The summed E-state index contributed by atoms with van der Waals surface area (Å²) >= 11 is 0. The number of β-amino-alcohol motifs (C(OH)–C–C–N with tert-alkyl or cyclic N) is 1. The van der Waals surface area contributed by atoms with Gasteiger partial charge in [-0.1, -0.05) is 12.8 Å². The van der Waals surface area contributed by atoms with E-state index in [4.69, 9.17) is 5.73 Å². The highest BCUT2D eigenvalue weighted by Crippen LogP contribution is 2.31. The lowest BCUT2D eigenvalue weighted by Gasteiger charge is -2.28. The fourth-order valence-corrected chi connectivity index (χ4v) is 3.46. The SMILES string of the molecule is Cl.NC1(C(=O)N2C[C@@H](Cc3cnccn3)[C@H](O)C2)CCCC1. The number of halogens is 1. The van der Waals surface area contributed by atoms with Crippen molar-refractivity contribution in [2.24, 2.45) is 11.7 Å². The minimum atomic E-state index is -0.707. The number of likely N-dealkylation sites (tertiary alicyclic amines) is 1. The smallest absolute Gasteiger partial charge is 0.242 e. The maximum absolute atomic E-state index is 12.6. The third-order valence-corrected chi connectivity index (χ3v) is 4.70. The first-order valence-electron chi connectivity index (χ1n) is 7.60. The van der Waals surface area contributed by atoms with Crippen LogP contribution in [0.5, 0.6) is 0 Å². The summed E-state index contributed by atoms with van der Waals surface area (Å²) in [7, 11) is 0. The van der Waals surface area contributed by atoms with Crippen LogP contribution in [-0.4, -0.2) is 50.6 Å². The molecule has 1 amide bonds. The van der Waals surface area contributed by atoms with Crippen molar-refractivity contribution in [1.82, 2.24) is 14.9 Å². The molecule has 0 unspecified atom stereocenters. The van der Waals surface area contributed by atoms with Gasteiger partial charge < -0.3 is 15.7 Å². The Morgan fingerprint density at radius 1 is 1.36 bits per heavy atom. The summed E-state index contributed by atoms with van der Waals surface area (Å²) in [6.07, 6.45) is 8.65. The van der Waals surface area contributed by atoms with Gasteiger partial charge in [0, 0.05) is 37.6 Å². The van der Waals surface area contributed by atoms with Gasteiger partial charge in [0.15, 0.2) is 0 Å². The van der Waals surface area contributed by atoms with Crippen molar-refractivity contribution >= 4 is 18.3 Å². The number of rotatable bonds is 3. The molecule has 0 radical (unpaired) electrons. The molecule has 6 nitrogen and oxygen atoms in total. The molecule has 2 heterocycles. The Bertz CT molecular complexity index is 508. The molecule has 1 aliphatic heterocycles. The van der Waals surface area contributed by atoms with E-state index in [1.807, 2.05) is 0 Å². The molecule has 1 aromatic rings. The Kier molecular flexibility index (Phi) is 5.36. The third-order valence-electron chi connectivity index (χ3n) is 4.70. The normalized spacial score (nSPS) is 26.7. The van der Waals surface area contributed by atoms with Gasteiger partial charge in [-0.3, -0.25) is 14.8 Å². The Morgan fingerprint density at radius 2 is 2.09 bits per heavy atom. The highest BCUT2D eigenvalue weighted by molar-refractivity contribution is 5.86. The first-order valence-corrected chi connectivity index (χ1v) is 7.60. The molecule has 1 aliphatic carbocycles. The van der Waals surface area contributed by atoms with E-state index in [2.05, 4.69) is 9.97 Å². The lowest BCUT2D eigenvalue weighted by atomic mass is 9.97. The van der Waals surface area contributed by atoms with Gasteiger partial charge >= 0.3 is 0 Å².